The second kappa shape index (κ2) is 7.32. The van der Waals surface area contributed by atoms with Crippen molar-refractivity contribution in [2.45, 2.75) is 32.3 Å². The minimum atomic E-state index is 0.400. The van der Waals surface area contributed by atoms with Crippen molar-refractivity contribution < 1.29 is 4.74 Å². The fourth-order valence-electron chi connectivity index (χ4n) is 1.01. The van der Waals surface area contributed by atoms with Gasteiger partial charge in [-0.05, 0) is 12.3 Å². The molecular weight excluding hydrogens is 236 g/mol. The van der Waals surface area contributed by atoms with E-state index in [0.717, 1.165) is 12.2 Å². The molecule has 0 aliphatic heterocycles. The van der Waals surface area contributed by atoms with Crippen LogP contribution in [-0.2, 0) is 0 Å². The SMILES string of the molecule is CCCOc1nc(NC)nc(SCC(C)C)n1. The van der Waals surface area contributed by atoms with Gasteiger partial charge in [-0.15, -0.1) is 0 Å². The van der Waals surface area contributed by atoms with Gasteiger partial charge in [0.05, 0.1) is 6.61 Å². The van der Waals surface area contributed by atoms with Crippen molar-refractivity contribution in [3.05, 3.63) is 0 Å². The predicted molar refractivity (Wildman–Crippen MR) is 70.7 cm³/mol. The maximum atomic E-state index is 5.43. The molecule has 1 aromatic heterocycles. The Labute approximate surface area is 107 Å². The average molecular weight is 256 g/mol. The van der Waals surface area contributed by atoms with Crippen LogP contribution in [-0.4, -0.2) is 34.4 Å². The molecule has 6 heteroatoms. The number of nitrogens with zero attached hydrogens (tertiary/aromatic N) is 3. The molecule has 0 aliphatic carbocycles. The Morgan fingerprint density at radius 3 is 2.65 bits per heavy atom. The lowest BCUT2D eigenvalue weighted by Crippen LogP contribution is -2.06. The molecule has 0 aromatic carbocycles. The third-order valence-electron chi connectivity index (χ3n) is 1.80. The molecule has 1 N–H and O–H groups in total. The largest absolute Gasteiger partial charge is 0.463 e. The number of aromatic nitrogens is 3. The quantitative estimate of drug-likeness (QED) is 0.756. The number of ether oxygens (including phenoxy) is 1. The molecule has 0 unspecified atom stereocenters. The van der Waals surface area contributed by atoms with E-state index in [0.29, 0.717) is 29.6 Å². The number of anilines is 1. The van der Waals surface area contributed by atoms with Crippen molar-refractivity contribution in [3.63, 3.8) is 0 Å². The van der Waals surface area contributed by atoms with Gasteiger partial charge in [-0.3, -0.25) is 0 Å². The van der Waals surface area contributed by atoms with Crippen LogP contribution in [0.2, 0.25) is 0 Å². The highest BCUT2D eigenvalue weighted by Gasteiger charge is 2.07. The van der Waals surface area contributed by atoms with Crippen molar-refractivity contribution >= 4 is 17.7 Å². The number of nitrogens with one attached hydrogen (secondary N) is 1. The van der Waals surface area contributed by atoms with Crippen LogP contribution in [0.15, 0.2) is 5.16 Å². The summed E-state index contributed by atoms with van der Waals surface area (Å²) >= 11 is 1.62. The van der Waals surface area contributed by atoms with Gasteiger partial charge in [-0.2, -0.15) is 15.0 Å². The molecule has 0 saturated carbocycles. The molecule has 1 heterocycles. The maximum Gasteiger partial charge on any atom is 0.322 e. The summed E-state index contributed by atoms with van der Waals surface area (Å²) in [7, 11) is 1.79. The second-order valence-electron chi connectivity index (χ2n) is 4.03. The summed E-state index contributed by atoms with van der Waals surface area (Å²) in [6.45, 7) is 7.01. The summed E-state index contributed by atoms with van der Waals surface area (Å²) in [4.78, 5) is 12.7. The number of thioether (sulfide) groups is 1. The number of hydrogen-bond donors (Lipinski definition) is 1. The van der Waals surface area contributed by atoms with Crippen LogP contribution >= 0.6 is 11.8 Å². The van der Waals surface area contributed by atoms with Gasteiger partial charge in [0, 0.05) is 12.8 Å². The second-order valence-corrected chi connectivity index (χ2v) is 5.01. The smallest absolute Gasteiger partial charge is 0.322 e. The molecule has 96 valence electrons. The highest BCUT2D eigenvalue weighted by atomic mass is 32.2. The molecular formula is C11H20N4OS. The van der Waals surface area contributed by atoms with Crippen LogP contribution in [0.5, 0.6) is 6.01 Å². The lowest BCUT2D eigenvalue weighted by Gasteiger charge is -2.07. The normalized spacial score (nSPS) is 10.6. The Hall–Kier alpha value is -1.04. The lowest BCUT2D eigenvalue weighted by atomic mass is 10.3. The molecule has 0 aliphatic rings. The Morgan fingerprint density at radius 1 is 1.29 bits per heavy atom. The number of rotatable bonds is 7. The summed E-state index contributed by atoms with van der Waals surface area (Å²) in [5, 5.41) is 3.63. The van der Waals surface area contributed by atoms with Crippen LogP contribution in [0.3, 0.4) is 0 Å². The first-order chi connectivity index (χ1) is 8.15. The first-order valence-corrected chi connectivity index (χ1v) is 6.83. The van der Waals surface area contributed by atoms with Crippen LogP contribution < -0.4 is 10.1 Å². The molecule has 0 spiro atoms. The van der Waals surface area contributed by atoms with Crippen LogP contribution in [0, 0.1) is 5.92 Å². The maximum absolute atomic E-state index is 5.43. The third kappa shape index (κ3) is 5.21. The van der Waals surface area contributed by atoms with Crippen LogP contribution in [0.25, 0.3) is 0 Å². The predicted octanol–water partition coefficient (Wildman–Crippen LogP) is 2.45. The molecule has 5 nitrogen and oxygen atoms in total. The minimum Gasteiger partial charge on any atom is -0.463 e. The molecule has 1 rings (SSSR count). The third-order valence-corrected chi connectivity index (χ3v) is 3.07. The van der Waals surface area contributed by atoms with Gasteiger partial charge < -0.3 is 10.1 Å². The Morgan fingerprint density at radius 2 is 2.06 bits per heavy atom. The van der Waals surface area contributed by atoms with Crippen molar-refractivity contribution in [1.82, 2.24) is 15.0 Å². The lowest BCUT2D eigenvalue weighted by molar-refractivity contribution is 0.288. The van der Waals surface area contributed by atoms with Crippen molar-refractivity contribution in [2.75, 3.05) is 24.7 Å². The standard InChI is InChI=1S/C11H20N4OS/c1-5-6-16-10-13-9(12-4)14-11(15-10)17-7-8(2)3/h8H,5-7H2,1-4H3,(H,12,13,14,15). The summed E-state index contributed by atoms with van der Waals surface area (Å²) < 4.78 is 5.43. The van der Waals surface area contributed by atoms with Gasteiger partial charge in [0.25, 0.3) is 0 Å². The van der Waals surface area contributed by atoms with Crippen LogP contribution in [0.1, 0.15) is 27.2 Å². The number of hydrogen-bond acceptors (Lipinski definition) is 6. The average Bonchev–Trinajstić information content (AvgIpc) is 2.33. The summed E-state index contributed by atoms with van der Waals surface area (Å²) in [6.07, 6.45) is 0.940. The van der Waals surface area contributed by atoms with Gasteiger partial charge in [-0.25, -0.2) is 0 Å². The zero-order valence-electron chi connectivity index (χ0n) is 10.9. The summed E-state index contributed by atoms with van der Waals surface area (Å²) in [5.41, 5.74) is 0. The summed E-state index contributed by atoms with van der Waals surface area (Å²) in [5.74, 6) is 2.15. The van der Waals surface area contributed by atoms with E-state index in [-0.39, 0.29) is 0 Å². The van der Waals surface area contributed by atoms with E-state index in [1.807, 2.05) is 0 Å². The van der Waals surface area contributed by atoms with E-state index in [9.17, 15) is 0 Å². The highest BCUT2D eigenvalue weighted by molar-refractivity contribution is 7.99. The van der Waals surface area contributed by atoms with E-state index >= 15 is 0 Å². The molecule has 1 aromatic rings. The monoisotopic (exact) mass is 256 g/mol. The molecule has 0 amide bonds. The van der Waals surface area contributed by atoms with E-state index in [1.165, 1.54) is 0 Å². The first kappa shape index (κ1) is 14.0. The Bertz CT molecular complexity index is 346. The zero-order chi connectivity index (χ0) is 12.7. The molecule has 0 saturated heterocycles. The minimum absolute atomic E-state index is 0.400. The fraction of sp³-hybridized carbons (Fsp3) is 0.727. The first-order valence-electron chi connectivity index (χ1n) is 5.85. The van der Waals surface area contributed by atoms with Crippen molar-refractivity contribution in [1.29, 1.82) is 0 Å². The van der Waals surface area contributed by atoms with Gasteiger partial charge in [0.2, 0.25) is 5.95 Å². The fourth-order valence-corrected chi connectivity index (χ4v) is 1.79. The van der Waals surface area contributed by atoms with Gasteiger partial charge >= 0.3 is 6.01 Å². The molecule has 0 bridgehead atoms. The van der Waals surface area contributed by atoms with Crippen molar-refractivity contribution in [3.8, 4) is 6.01 Å². The van der Waals surface area contributed by atoms with E-state index in [1.54, 1.807) is 18.8 Å². The highest BCUT2D eigenvalue weighted by Crippen LogP contribution is 2.19. The molecule has 17 heavy (non-hydrogen) atoms. The van der Waals surface area contributed by atoms with Gasteiger partial charge in [0.1, 0.15) is 0 Å². The van der Waals surface area contributed by atoms with Gasteiger partial charge in [0.15, 0.2) is 5.16 Å². The molecule has 0 fully saturated rings. The molecule has 0 radical (unpaired) electrons. The van der Waals surface area contributed by atoms with Crippen molar-refractivity contribution in [2.24, 2.45) is 5.92 Å². The van der Waals surface area contributed by atoms with Crippen LogP contribution in [0.4, 0.5) is 5.95 Å². The van der Waals surface area contributed by atoms with E-state index < -0.39 is 0 Å². The van der Waals surface area contributed by atoms with E-state index in [2.05, 4.69) is 41.0 Å². The molecule has 0 atom stereocenters. The van der Waals surface area contributed by atoms with E-state index in [4.69, 9.17) is 4.74 Å². The Kier molecular flexibility index (Phi) is 6.04. The topological polar surface area (TPSA) is 59.9 Å². The summed E-state index contributed by atoms with van der Waals surface area (Å²) in [6, 6.07) is 0.400. The van der Waals surface area contributed by atoms with Gasteiger partial charge in [-0.1, -0.05) is 32.5 Å². The Balaban J connectivity index is 2.73. The zero-order valence-corrected chi connectivity index (χ0v) is 11.7.